The molecule has 0 saturated heterocycles. The molecule has 0 fully saturated rings. The third-order valence-corrected chi connectivity index (χ3v) is 2.98. The molecule has 0 saturated carbocycles. The fraction of sp³-hybridized carbons (Fsp3) is 0.600. The van der Waals surface area contributed by atoms with E-state index < -0.39 is 6.10 Å². The second-order valence-corrected chi connectivity index (χ2v) is 3.96. The number of unbranched alkanes of at least 4 members (excludes halogenated alkanes) is 1. The minimum Gasteiger partial charge on any atom is -0.387 e. The zero-order valence-electron chi connectivity index (χ0n) is 8.44. The molecule has 1 rings (SSSR count). The summed E-state index contributed by atoms with van der Waals surface area (Å²) in [6, 6.07) is 0. The zero-order chi connectivity index (χ0) is 10.4. The minimum atomic E-state index is -0.398. The molecule has 0 bridgehead atoms. The molecule has 1 atom stereocenters. The number of aliphatic hydroxyl groups excluding tert-OH is 1. The molecule has 4 heteroatoms. The maximum atomic E-state index is 9.84. The lowest BCUT2D eigenvalue weighted by atomic mass is 10.1. The van der Waals surface area contributed by atoms with Gasteiger partial charge in [-0.05, 0) is 37.2 Å². The van der Waals surface area contributed by atoms with Gasteiger partial charge < -0.3 is 5.11 Å². The van der Waals surface area contributed by atoms with Gasteiger partial charge in [0.05, 0.1) is 16.7 Å². The van der Waals surface area contributed by atoms with Crippen molar-refractivity contribution in [2.75, 3.05) is 0 Å². The molecule has 1 aromatic heterocycles. The highest BCUT2D eigenvalue weighted by Gasteiger charge is 2.14. The summed E-state index contributed by atoms with van der Waals surface area (Å²) in [5.74, 6) is 0. The lowest BCUT2D eigenvalue weighted by molar-refractivity contribution is 0.167. The van der Waals surface area contributed by atoms with Gasteiger partial charge in [-0.2, -0.15) is 0 Å². The summed E-state index contributed by atoms with van der Waals surface area (Å²) in [5.41, 5.74) is 0.932. The van der Waals surface area contributed by atoms with Crippen molar-refractivity contribution in [3.63, 3.8) is 0 Å². The summed E-state index contributed by atoms with van der Waals surface area (Å²) in [6.45, 7) is 5.67. The lowest BCUT2D eigenvalue weighted by Gasteiger charge is -2.07. The van der Waals surface area contributed by atoms with Gasteiger partial charge in [0.2, 0.25) is 0 Å². The van der Waals surface area contributed by atoms with Crippen molar-refractivity contribution in [2.24, 2.45) is 0 Å². The minimum absolute atomic E-state index is 0.398. The van der Waals surface area contributed by atoms with Crippen molar-refractivity contribution >= 4 is 11.5 Å². The van der Waals surface area contributed by atoms with Gasteiger partial charge in [0.25, 0.3) is 0 Å². The van der Waals surface area contributed by atoms with Crippen molar-refractivity contribution in [1.29, 1.82) is 0 Å². The van der Waals surface area contributed by atoms with Gasteiger partial charge in [0.15, 0.2) is 0 Å². The van der Waals surface area contributed by atoms with E-state index in [9.17, 15) is 5.11 Å². The molecule has 14 heavy (non-hydrogen) atoms. The van der Waals surface area contributed by atoms with Crippen LogP contribution in [0.3, 0.4) is 0 Å². The van der Waals surface area contributed by atoms with Crippen molar-refractivity contribution in [2.45, 2.75) is 38.7 Å². The van der Waals surface area contributed by atoms with Gasteiger partial charge in [-0.3, -0.25) is 0 Å². The molecule has 0 spiro atoms. The molecule has 0 aliphatic heterocycles. The predicted molar refractivity (Wildman–Crippen MR) is 58.3 cm³/mol. The van der Waals surface area contributed by atoms with Crippen LogP contribution in [0.25, 0.3) is 0 Å². The summed E-state index contributed by atoms with van der Waals surface area (Å²) in [4.78, 5) is 0.927. The Labute approximate surface area is 88.6 Å². The third-order valence-electron chi connectivity index (χ3n) is 2.11. The largest absolute Gasteiger partial charge is 0.387 e. The Morgan fingerprint density at radius 1 is 1.64 bits per heavy atom. The first-order chi connectivity index (χ1) is 6.79. The van der Waals surface area contributed by atoms with Crippen LogP contribution in [0.1, 0.15) is 42.9 Å². The molecule has 0 aliphatic carbocycles. The van der Waals surface area contributed by atoms with Gasteiger partial charge in [-0.1, -0.05) is 17.5 Å². The number of nitrogens with zero attached hydrogens (tertiary/aromatic N) is 2. The van der Waals surface area contributed by atoms with Crippen LogP contribution in [-0.2, 0) is 6.42 Å². The summed E-state index contributed by atoms with van der Waals surface area (Å²) in [5, 5.41) is 13.8. The standard InChI is InChI=1S/C10H16N2OS/c1-3-5-6-7-9(13)10-8(4-2)11-12-14-10/h3,9,13H,1,4-7H2,2H3. The quantitative estimate of drug-likeness (QED) is 0.582. The van der Waals surface area contributed by atoms with Crippen molar-refractivity contribution < 1.29 is 5.11 Å². The molecule has 78 valence electrons. The zero-order valence-corrected chi connectivity index (χ0v) is 9.26. The number of aromatic nitrogens is 2. The van der Waals surface area contributed by atoms with Crippen LogP contribution in [-0.4, -0.2) is 14.7 Å². The first kappa shape index (κ1) is 11.3. The number of hydrogen-bond donors (Lipinski definition) is 1. The van der Waals surface area contributed by atoms with E-state index in [0.29, 0.717) is 0 Å². The smallest absolute Gasteiger partial charge is 0.0917 e. The van der Waals surface area contributed by atoms with E-state index in [4.69, 9.17) is 0 Å². The van der Waals surface area contributed by atoms with Gasteiger partial charge in [-0.15, -0.1) is 11.7 Å². The molecular weight excluding hydrogens is 196 g/mol. The summed E-state index contributed by atoms with van der Waals surface area (Å²) in [7, 11) is 0. The Kier molecular flexibility index (Phi) is 4.76. The van der Waals surface area contributed by atoms with E-state index in [-0.39, 0.29) is 0 Å². The van der Waals surface area contributed by atoms with E-state index in [1.54, 1.807) is 0 Å². The fourth-order valence-electron chi connectivity index (χ4n) is 1.30. The first-order valence-corrected chi connectivity index (χ1v) is 5.67. The van der Waals surface area contributed by atoms with Crippen LogP contribution in [0.2, 0.25) is 0 Å². The molecule has 1 N–H and O–H groups in total. The SMILES string of the molecule is C=CCCCC(O)c1snnc1CC. The van der Waals surface area contributed by atoms with E-state index in [1.165, 1.54) is 11.5 Å². The molecule has 0 aromatic carbocycles. The Morgan fingerprint density at radius 3 is 3.07 bits per heavy atom. The fourth-order valence-corrected chi connectivity index (χ4v) is 2.06. The Balaban J connectivity index is 2.50. The van der Waals surface area contributed by atoms with Crippen molar-refractivity contribution in [1.82, 2.24) is 9.59 Å². The monoisotopic (exact) mass is 212 g/mol. The van der Waals surface area contributed by atoms with Crippen molar-refractivity contribution in [3.8, 4) is 0 Å². The van der Waals surface area contributed by atoms with Crippen LogP contribution in [0.15, 0.2) is 12.7 Å². The maximum Gasteiger partial charge on any atom is 0.0917 e. The molecule has 0 amide bonds. The topological polar surface area (TPSA) is 46.0 Å². The van der Waals surface area contributed by atoms with Crippen LogP contribution in [0.4, 0.5) is 0 Å². The summed E-state index contributed by atoms with van der Waals surface area (Å²) >= 11 is 1.30. The van der Waals surface area contributed by atoms with E-state index in [0.717, 1.165) is 36.3 Å². The highest BCUT2D eigenvalue weighted by molar-refractivity contribution is 7.05. The molecule has 0 radical (unpaired) electrons. The molecule has 1 unspecified atom stereocenters. The third kappa shape index (κ3) is 2.89. The van der Waals surface area contributed by atoms with Gasteiger partial charge in [0, 0.05) is 0 Å². The predicted octanol–water partition coefficient (Wildman–Crippen LogP) is 2.49. The summed E-state index contributed by atoms with van der Waals surface area (Å²) in [6.07, 6.45) is 4.99. The van der Waals surface area contributed by atoms with E-state index in [1.807, 2.05) is 13.0 Å². The van der Waals surface area contributed by atoms with Crippen LogP contribution < -0.4 is 0 Å². The molecular formula is C10H16N2OS. The molecule has 1 heterocycles. The van der Waals surface area contributed by atoms with Gasteiger partial charge >= 0.3 is 0 Å². The number of aryl methyl sites for hydroxylation is 1. The van der Waals surface area contributed by atoms with E-state index >= 15 is 0 Å². The Morgan fingerprint density at radius 2 is 2.43 bits per heavy atom. The second-order valence-electron chi connectivity index (χ2n) is 3.17. The highest BCUT2D eigenvalue weighted by atomic mass is 32.1. The van der Waals surface area contributed by atoms with Gasteiger partial charge in [-0.25, -0.2) is 0 Å². The maximum absolute atomic E-state index is 9.84. The lowest BCUT2D eigenvalue weighted by Crippen LogP contribution is -1.98. The first-order valence-electron chi connectivity index (χ1n) is 4.89. The normalized spacial score (nSPS) is 12.7. The van der Waals surface area contributed by atoms with Crippen molar-refractivity contribution in [3.05, 3.63) is 23.2 Å². The number of rotatable bonds is 6. The molecule has 3 nitrogen and oxygen atoms in total. The highest BCUT2D eigenvalue weighted by Crippen LogP contribution is 2.24. The molecule has 0 aliphatic rings. The average Bonchev–Trinajstić information content (AvgIpc) is 2.65. The summed E-state index contributed by atoms with van der Waals surface area (Å²) < 4.78 is 3.85. The Hall–Kier alpha value is -0.740. The second kappa shape index (κ2) is 5.88. The number of allylic oxidation sites excluding steroid dienone is 1. The van der Waals surface area contributed by atoms with Gasteiger partial charge in [0.1, 0.15) is 0 Å². The van der Waals surface area contributed by atoms with Crippen LogP contribution >= 0.6 is 11.5 Å². The molecule has 1 aromatic rings. The van der Waals surface area contributed by atoms with E-state index in [2.05, 4.69) is 16.2 Å². The number of hydrogen-bond acceptors (Lipinski definition) is 4. The number of aliphatic hydroxyl groups is 1. The average molecular weight is 212 g/mol. The Bertz CT molecular complexity index is 285. The van der Waals surface area contributed by atoms with Crippen LogP contribution in [0.5, 0.6) is 0 Å². The van der Waals surface area contributed by atoms with Crippen LogP contribution in [0, 0.1) is 0 Å².